The lowest BCUT2D eigenvalue weighted by Gasteiger charge is -2.28. The van der Waals surface area contributed by atoms with E-state index in [0.29, 0.717) is 0 Å². The Morgan fingerprint density at radius 1 is 1.00 bits per heavy atom. The Kier molecular flexibility index (Phi) is 3.83. The van der Waals surface area contributed by atoms with E-state index in [1.54, 1.807) is 0 Å². The van der Waals surface area contributed by atoms with Gasteiger partial charge in [0, 0.05) is 13.3 Å². The van der Waals surface area contributed by atoms with E-state index in [1.807, 2.05) is 0 Å². The third-order valence-electron chi connectivity index (χ3n) is 1.39. The summed E-state index contributed by atoms with van der Waals surface area (Å²) in [5, 5.41) is 0. The molecule has 0 aromatic heterocycles. The summed E-state index contributed by atoms with van der Waals surface area (Å²) >= 11 is 0. The lowest BCUT2D eigenvalue weighted by Crippen LogP contribution is -2.45. The second kappa shape index (κ2) is 3.96. The van der Waals surface area contributed by atoms with Gasteiger partial charge in [-0.2, -0.15) is 22.0 Å². The van der Waals surface area contributed by atoms with Crippen LogP contribution in [0.5, 0.6) is 0 Å². The van der Waals surface area contributed by atoms with Gasteiger partial charge in [-0.1, -0.05) is 6.92 Å². The van der Waals surface area contributed by atoms with E-state index in [1.165, 1.54) is 6.92 Å². The van der Waals surface area contributed by atoms with Crippen molar-refractivity contribution in [3.05, 3.63) is 0 Å². The molecular weight excluding hydrogens is 214 g/mol. The van der Waals surface area contributed by atoms with Crippen molar-refractivity contribution < 1.29 is 31.1 Å². The van der Waals surface area contributed by atoms with E-state index in [0.717, 1.165) is 0 Å². The topological polar surface area (TPSA) is 9.23 Å². The molecule has 0 saturated carbocycles. The fourth-order valence-electron chi connectivity index (χ4n) is 0.680. The van der Waals surface area contributed by atoms with E-state index < -0.39 is 24.6 Å². The summed E-state index contributed by atoms with van der Waals surface area (Å²) in [6.07, 6.45) is -10.6. The van der Waals surface area contributed by atoms with Crippen LogP contribution < -0.4 is 0 Å². The first-order chi connectivity index (χ1) is 6.02. The molecule has 1 unspecified atom stereocenters. The molecule has 0 aromatic rings. The standard InChI is InChI=1S/C7H10F6O/c1-3-4-6(9,10)14-5(2,8)7(11,12)13/h3-4H2,1-2H3. The van der Waals surface area contributed by atoms with Gasteiger partial charge in [-0.15, -0.1) is 0 Å². The zero-order chi connectivity index (χ0) is 11.6. The highest BCUT2D eigenvalue weighted by Gasteiger charge is 2.58. The zero-order valence-corrected chi connectivity index (χ0v) is 7.59. The highest BCUT2D eigenvalue weighted by atomic mass is 19.4. The van der Waals surface area contributed by atoms with Gasteiger partial charge in [0.05, 0.1) is 0 Å². The van der Waals surface area contributed by atoms with Gasteiger partial charge in [-0.05, 0) is 6.42 Å². The predicted octanol–water partition coefficient (Wildman–Crippen LogP) is 3.64. The van der Waals surface area contributed by atoms with E-state index in [2.05, 4.69) is 4.74 Å². The molecule has 7 heteroatoms. The molecule has 1 atom stereocenters. The zero-order valence-electron chi connectivity index (χ0n) is 7.59. The average Bonchev–Trinajstić information content (AvgIpc) is 1.80. The molecule has 0 aromatic carbocycles. The van der Waals surface area contributed by atoms with Crippen molar-refractivity contribution in [1.82, 2.24) is 0 Å². The lowest BCUT2D eigenvalue weighted by molar-refractivity contribution is -0.405. The van der Waals surface area contributed by atoms with Gasteiger partial charge in [0.1, 0.15) is 0 Å². The molecule has 0 aliphatic heterocycles. The van der Waals surface area contributed by atoms with Gasteiger partial charge in [-0.25, -0.2) is 4.39 Å². The Bertz CT molecular complexity index is 185. The molecule has 0 spiro atoms. The molecule has 0 amide bonds. The quantitative estimate of drug-likeness (QED) is 0.662. The molecule has 1 nitrogen and oxygen atoms in total. The van der Waals surface area contributed by atoms with Crippen LogP contribution in [0.4, 0.5) is 26.3 Å². The Morgan fingerprint density at radius 3 is 1.71 bits per heavy atom. The summed E-state index contributed by atoms with van der Waals surface area (Å²) in [6, 6.07) is 0. The van der Waals surface area contributed by atoms with Crippen molar-refractivity contribution >= 4 is 0 Å². The van der Waals surface area contributed by atoms with Crippen LogP contribution in [-0.4, -0.2) is 18.1 Å². The van der Waals surface area contributed by atoms with Gasteiger partial charge in [0.2, 0.25) is 0 Å². The molecule has 86 valence electrons. The maximum atomic E-state index is 12.6. The van der Waals surface area contributed by atoms with Gasteiger partial charge in [0.15, 0.2) is 0 Å². The minimum atomic E-state index is -5.47. The van der Waals surface area contributed by atoms with Crippen LogP contribution in [0.2, 0.25) is 0 Å². The first-order valence-electron chi connectivity index (χ1n) is 3.85. The molecule has 0 saturated heterocycles. The van der Waals surface area contributed by atoms with E-state index >= 15 is 0 Å². The average molecular weight is 224 g/mol. The van der Waals surface area contributed by atoms with Crippen molar-refractivity contribution in [2.45, 2.75) is 44.8 Å². The Morgan fingerprint density at radius 2 is 1.43 bits per heavy atom. The normalized spacial score (nSPS) is 18.0. The van der Waals surface area contributed by atoms with Gasteiger partial charge in [-0.3, -0.25) is 4.74 Å². The predicted molar refractivity (Wildman–Crippen MR) is 36.5 cm³/mol. The highest BCUT2D eigenvalue weighted by molar-refractivity contribution is 4.73. The van der Waals surface area contributed by atoms with Gasteiger partial charge >= 0.3 is 18.1 Å². The molecule has 0 aliphatic rings. The number of hydrogen-bond donors (Lipinski definition) is 0. The maximum absolute atomic E-state index is 12.6. The maximum Gasteiger partial charge on any atom is 0.448 e. The first kappa shape index (κ1) is 13.5. The Balaban J connectivity index is 4.50. The number of hydrogen-bond acceptors (Lipinski definition) is 1. The largest absolute Gasteiger partial charge is 0.448 e. The number of rotatable bonds is 4. The Hall–Kier alpha value is -0.460. The van der Waals surface area contributed by atoms with E-state index in [4.69, 9.17) is 0 Å². The lowest BCUT2D eigenvalue weighted by atomic mass is 10.3. The molecule has 0 heterocycles. The van der Waals surface area contributed by atoms with Crippen LogP contribution in [0.25, 0.3) is 0 Å². The SMILES string of the molecule is CCCC(F)(F)OC(C)(F)C(F)(F)F. The molecule has 0 bridgehead atoms. The van der Waals surface area contributed by atoms with Crippen LogP contribution >= 0.6 is 0 Å². The van der Waals surface area contributed by atoms with Crippen LogP contribution in [0, 0.1) is 0 Å². The monoisotopic (exact) mass is 224 g/mol. The summed E-state index contributed by atoms with van der Waals surface area (Å²) in [5.74, 6) is -4.33. The molecule has 0 radical (unpaired) electrons. The number of halogens is 6. The van der Waals surface area contributed by atoms with Crippen LogP contribution in [0.3, 0.4) is 0 Å². The van der Waals surface area contributed by atoms with Crippen molar-refractivity contribution in [1.29, 1.82) is 0 Å². The van der Waals surface area contributed by atoms with Crippen LogP contribution in [0.15, 0.2) is 0 Å². The molecule has 0 rings (SSSR count). The van der Waals surface area contributed by atoms with Crippen LogP contribution in [-0.2, 0) is 4.74 Å². The minimum absolute atomic E-state index is 0.0867. The first-order valence-corrected chi connectivity index (χ1v) is 3.85. The second-order valence-corrected chi connectivity index (χ2v) is 2.90. The summed E-state index contributed by atoms with van der Waals surface area (Å²) < 4.78 is 76.0. The van der Waals surface area contributed by atoms with Crippen molar-refractivity contribution in [2.24, 2.45) is 0 Å². The van der Waals surface area contributed by atoms with Crippen LogP contribution in [0.1, 0.15) is 26.7 Å². The van der Waals surface area contributed by atoms with Crippen molar-refractivity contribution in [3.63, 3.8) is 0 Å². The molecule has 14 heavy (non-hydrogen) atoms. The fourth-order valence-corrected chi connectivity index (χ4v) is 0.680. The summed E-state index contributed by atoms with van der Waals surface area (Å²) in [6.45, 7) is 1.23. The minimum Gasteiger partial charge on any atom is -0.275 e. The number of alkyl halides is 6. The summed E-state index contributed by atoms with van der Waals surface area (Å²) in [7, 11) is 0. The summed E-state index contributed by atoms with van der Waals surface area (Å²) in [4.78, 5) is 0. The van der Waals surface area contributed by atoms with Crippen molar-refractivity contribution in [2.75, 3.05) is 0 Å². The molecular formula is C7H10F6O. The third-order valence-corrected chi connectivity index (χ3v) is 1.39. The summed E-state index contributed by atoms with van der Waals surface area (Å²) in [5.41, 5.74) is 0. The Labute approximate surface area is 77.0 Å². The molecule has 0 N–H and O–H groups in total. The third kappa shape index (κ3) is 3.73. The van der Waals surface area contributed by atoms with Gasteiger partial charge in [0.25, 0.3) is 0 Å². The van der Waals surface area contributed by atoms with Crippen molar-refractivity contribution in [3.8, 4) is 0 Å². The fraction of sp³-hybridized carbons (Fsp3) is 1.00. The highest BCUT2D eigenvalue weighted by Crippen LogP contribution is 2.39. The van der Waals surface area contributed by atoms with E-state index in [9.17, 15) is 26.3 Å². The van der Waals surface area contributed by atoms with E-state index in [-0.39, 0.29) is 13.3 Å². The smallest absolute Gasteiger partial charge is 0.275 e. The van der Waals surface area contributed by atoms with Gasteiger partial charge < -0.3 is 0 Å². The number of ether oxygens (including phenoxy) is 1. The molecule has 0 fully saturated rings. The second-order valence-electron chi connectivity index (χ2n) is 2.90. The molecule has 0 aliphatic carbocycles.